The number of hydrogen-bond acceptors (Lipinski definition) is 5. The molecule has 1 aromatic heterocycles. The first-order valence-electron chi connectivity index (χ1n) is 12.8. The van der Waals surface area contributed by atoms with Crippen LogP contribution in [0.25, 0.3) is 0 Å². The van der Waals surface area contributed by atoms with Gasteiger partial charge in [0.25, 0.3) is 0 Å². The van der Waals surface area contributed by atoms with E-state index in [0.717, 1.165) is 64.3 Å². The summed E-state index contributed by atoms with van der Waals surface area (Å²) in [4.78, 5) is 14.3. The van der Waals surface area contributed by atoms with Gasteiger partial charge in [0.2, 0.25) is 0 Å². The van der Waals surface area contributed by atoms with Gasteiger partial charge < -0.3 is 20.3 Å². The van der Waals surface area contributed by atoms with Crippen LogP contribution in [0, 0.1) is 0 Å². The Morgan fingerprint density at radius 1 is 1.00 bits per heavy atom. The van der Waals surface area contributed by atoms with E-state index in [2.05, 4.69) is 42.5 Å². The molecule has 0 bridgehead atoms. The third-order valence-electron chi connectivity index (χ3n) is 7.47. The number of hydrogen-bond donors (Lipinski definition) is 2. The largest absolute Gasteiger partial charge is 0.379 e. The zero-order chi connectivity index (χ0) is 22.1. The van der Waals surface area contributed by atoms with Gasteiger partial charge in [-0.1, -0.05) is 32.1 Å². The van der Waals surface area contributed by atoms with Gasteiger partial charge in [-0.05, 0) is 43.4 Å². The molecule has 3 fully saturated rings. The number of aliphatic imine (C=N–C) groups is 1. The molecular weight excluding hydrogens is 527 g/mol. The van der Waals surface area contributed by atoms with Crippen LogP contribution in [-0.4, -0.2) is 74.4 Å². The molecule has 0 spiro atoms. The van der Waals surface area contributed by atoms with Crippen LogP contribution in [0.2, 0.25) is 0 Å². The van der Waals surface area contributed by atoms with Crippen LogP contribution in [0.4, 0.5) is 5.82 Å². The number of ether oxygens (including phenoxy) is 1. The number of anilines is 1. The molecule has 4 rings (SSSR count). The molecule has 0 unspecified atom stereocenters. The van der Waals surface area contributed by atoms with Crippen LogP contribution in [-0.2, 0) is 11.3 Å². The summed E-state index contributed by atoms with van der Waals surface area (Å²) in [5.41, 5.74) is 1.48. The average molecular weight is 571 g/mol. The highest BCUT2D eigenvalue weighted by atomic mass is 127. The molecule has 3 aliphatic rings. The Kier molecular flexibility index (Phi) is 11.0. The Hall–Kier alpha value is -1.13. The molecule has 2 saturated heterocycles. The van der Waals surface area contributed by atoms with Gasteiger partial charge in [0.15, 0.2) is 5.96 Å². The van der Waals surface area contributed by atoms with Crippen molar-refractivity contribution in [1.82, 2.24) is 20.5 Å². The lowest BCUT2D eigenvalue weighted by Gasteiger charge is -2.48. The maximum absolute atomic E-state index is 5.62. The van der Waals surface area contributed by atoms with Crippen molar-refractivity contribution in [2.45, 2.75) is 69.9 Å². The molecule has 33 heavy (non-hydrogen) atoms. The van der Waals surface area contributed by atoms with Crippen molar-refractivity contribution >= 4 is 35.8 Å². The summed E-state index contributed by atoms with van der Waals surface area (Å²) < 4.78 is 5.62. The molecule has 186 valence electrons. The summed E-state index contributed by atoms with van der Waals surface area (Å²) in [5, 5.41) is 7.20. The molecule has 2 aliphatic heterocycles. The molecule has 0 amide bonds. The SMILES string of the molecule is CN=C(NCc1ccnc(N2CCCCCC2)c1)NCC1(N2CCOCC2)CCCCC1.I. The minimum atomic E-state index is 0. The predicted octanol–water partition coefficient (Wildman–Crippen LogP) is 3.78. The van der Waals surface area contributed by atoms with E-state index in [1.165, 1.54) is 63.4 Å². The lowest BCUT2D eigenvalue weighted by atomic mass is 9.80. The normalized spacial score (nSPS) is 22.2. The molecule has 1 saturated carbocycles. The standard InChI is InChI=1S/C25H42N6O.HI/c1-26-24(29-21-25(10-5-4-6-11-25)31-15-17-32-18-16-31)28-20-22-9-12-27-23(19-22)30-13-7-2-3-8-14-30;/h9,12,19H,2-8,10-11,13-18,20-21H2,1H3,(H2,26,28,29);1H. The van der Waals surface area contributed by atoms with Gasteiger partial charge in [-0.15, -0.1) is 24.0 Å². The minimum Gasteiger partial charge on any atom is -0.379 e. The second-order valence-electron chi connectivity index (χ2n) is 9.59. The highest BCUT2D eigenvalue weighted by Gasteiger charge is 2.38. The lowest BCUT2D eigenvalue weighted by Crippen LogP contribution is -2.60. The number of nitrogens with one attached hydrogen (secondary N) is 2. The second kappa shape index (κ2) is 13.7. The van der Waals surface area contributed by atoms with Crippen molar-refractivity contribution in [2.75, 3.05) is 57.9 Å². The second-order valence-corrected chi connectivity index (χ2v) is 9.59. The lowest BCUT2D eigenvalue weighted by molar-refractivity contribution is -0.0352. The fourth-order valence-corrected chi connectivity index (χ4v) is 5.55. The van der Waals surface area contributed by atoms with Gasteiger partial charge in [-0.2, -0.15) is 0 Å². The molecule has 0 atom stereocenters. The highest BCUT2D eigenvalue weighted by molar-refractivity contribution is 14.0. The molecule has 1 aromatic rings. The van der Waals surface area contributed by atoms with Crippen molar-refractivity contribution in [1.29, 1.82) is 0 Å². The Morgan fingerprint density at radius 2 is 1.70 bits per heavy atom. The minimum absolute atomic E-state index is 0. The zero-order valence-corrected chi connectivity index (χ0v) is 22.7. The Bertz CT molecular complexity index is 725. The monoisotopic (exact) mass is 570 g/mol. The van der Waals surface area contributed by atoms with Crippen molar-refractivity contribution in [3.05, 3.63) is 23.9 Å². The van der Waals surface area contributed by atoms with Gasteiger partial charge >= 0.3 is 0 Å². The summed E-state index contributed by atoms with van der Waals surface area (Å²) >= 11 is 0. The van der Waals surface area contributed by atoms with Gasteiger partial charge in [-0.3, -0.25) is 9.89 Å². The quantitative estimate of drug-likeness (QED) is 0.309. The number of nitrogens with zero attached hydrogens (tertiary/aromatic N) is 4. The van der Waals surface area contributed by atoms with E-state index in [0.29, 0.717) is 0 Å². The van der Waals surface area contributed by atoms with Gasteiger partial charge in [0.1, 0.15) is 5.82 Å². The van der Waals surface area contributed by atoms with Crippen molar-refractivity contribution in [2.24, 2.45) is 4.99 Å². The number of guanidine groups is 1. The van der Waals surface area contributed by atoms with Crippen molar-refractivity contribution in [3.8, 4) is 0 Å². The molecule has 0 radical (unpaired) electrons. The Labute approximate surface area is 217 Å². The summed E-state index contributed by atoms with van der Waals surface area (Å²) in [6.07, 6.45) is 13.7. The molecule has 1 aliphatic carbocycles. The predicted molar refractivity (Wildman–Crippen MR) is 147 cm³/mol. The average Bonchev–Trinajstić information content (AvgIpc) is 3.15. The van der Waals surface area contributed by atoms with Crippen LogP contribution < -0.4 is 15.5 Å². The Balaban J connectivity index is 0.00000306. The first-order valence-corrected chi connectivity index (χ1v) is 12.8. The molecule has 2 N–H and O–H groups in total. The third kappa shape index (κ3) is 7.42. The number of rotatable bonds is 6. The third-order valence-corrected chi connectivity index (χ3v) is 7.47. The van der Waals surface area contributed by atoms with E-state index in [-0.39, 0.29) is 29.5 Å². The van der Waals surface area contributed by atoms with E-state index in [1.54, 1.807) is 0 Å². The van der Waals surface area contributed by atoms with E-state index < -0.39 is 0 Å². The maximum atomic E-state index is 5.62. The molecule has 7 nitrogen and oxygen atoms in total. The summed E-state index contributed by atoms with van der Waals surface area (Å²) in [7, 11) is 1.87. The first kappa shape index (κ1) is 26.5. The molecule has 3 heterocycles. The van der Waals surface area contributed by atoms with E-state index in [1.807, 2.05) is 13.2 Å². The summed E-state index contributed by atoms with van der Waals surface area (Å²) in [6.45, 7) is 7.75. The zero-order valence-electron chi connectivity index (χ0n) is 20.4. The summed E-state index contributed by atoms with van der Waals surface area (Å²) in [5.74, 6) is 2.00. The smallest absolute Gasteiger partial charge is 0.191 e. The number of morpholine rings is 1. The van der Waals surface area contributed by atoms with E-state index >= 15 is 0 Å². The van der Waals surface area contributed by atoms with Crippen LogP contribution in [0.15, 0.2) is 23.3 Å². The number of halogens is 1. The first-order chi connectivity index (χ1) is 15.8. The van der Waals surface area contributed by atoms with Crippen LogP contribution >= 0.6 is 24.0 Å². The van der Waals surface area contributed by atoms with Crippen LogP contribution in [0.3, 0.4) is 0 Å². The Morgan fingerprint density at radius 3 is 2.39 bits per heavy atom. The van der Waals surface area contributed by atoms with Gasteiger partial charge in [-0.25, -0.2) is 4.98 Å². The van der Waals surface area contributed by atoms with Gasteiger partial charge in [0.05, 0.1) is 13.2 Å². The van der Waals surface area contributed by atoms with E-state index in [4.69, 9.17) is 4.74 Å². The fraction of sp³-hybridized carbons (Fsp3) is 0.760. The van der Waals surface area contributed by atoms with E-state index in [9.17, 15) is 0 Å². The van der Waals surface area contributed by atoms with Crippen molar-refractivity contribution < 1.29 is 4.74 Å². The van der Waals surface area contributed by atoms with Crippen LogP contribution in [0.1, 0.15) is 63.4 Å². The maximum Gasteiger partial charge on any atom is 0.191 e. The fourth-order valence-electron chi connectivity index (χ4n) is 5.55. The molecular formula is C25H43IN6O. The topological polar surface area (TPSA) is 65.0 Å². The van der Waals surface area contributed by atoms with Crippen molar-refractivity contribution in [3.63, 3.8) is 0 Å². The number of aromatic nitrogens is 1. The van der Waals surface area contributed by atoms with Gasteiger partial charge in [0, 0.05) is 58.1 Å². The summed E-state index contributed by atoms with van der Waals surface area (Å²) in [6, 6.07) is 4.35. The highest BCUT2D eigenvalue weighted by Crippen LogP contribution is 2.33. The number of pyridine rings is 1. The molecule has 0 aromatic carbocycles. The van der Waals surface area contributed by atoms with Crippen LogP contribution in [0.5, 0.6) is 0 Å². The molecule has 8 heteroatoms.